The van der Waals surface area contributed by atoms with Gasteiger partial charge >= 0.3 is 5.97 Å². The number of rotatable bonds is 11. The number of carbonyl (C=O) groups is 1. The number of carboxylic acid groups (broad SMARTS) is 1. The van der Waals surface area contributed by atoms with Crippen LogP contribution in [0.5, 0.6) is 11.5 Å². The molecule has 2 aromatic heterocycles. The number of aliphatic carboxylic acids is 1. The van der Waals surface area contributed by atoms with Gasteiger partial charge in [0.1, 0.15) is 35.5 Å². The molecule has 5 rings (SSSR count). The van der Waals surface area contributed by atoms with Crippen LogP contribution < -0.4 is 15.4 Å². The molecule has 0 bridgehead atoms. The molecule has 0 spiro atoms. The molecule has 0 saturated heterocycles. The van der Waals surface area contributed by atoms with E-state index in [0.29, 0.717) is 40.3 Å². The molecule has 0 aliphatic rings. The number of carboxylic acids is 1. The second kappa shape index (κ2) is 12.4. The van der Waals surface area contributed by atoms with Gasteiger partial charge < -0.3 is 19.6 Å². The summed E-state index contributed by atoms with van der Waals surface area (Å²) in [7, 11) is 0. The number of hydrogen-bond donors (Lipinski definition) is 3. The lowest BCUT2D eigenvalue weighted by Gasteiger charge is -2.19. The van der Waals surface area contributed by atoms with Crippen LogP contribution in [-0.4, -0.2) is 27.1 Å². The van der Waals surface area contributed by atoms with Crippen molar-refractivity contribution in [3.8, 4) is 22.8 Å². The minimum Gasteiger partial charge on any atom is -0.480 e. The van der Waals surface area contributed by atoms with Crippen LogP contribution in [0.1, 0.15) is 26.0 Å². The van der Waals surface area contributed by atoms with E-state index in [2.05, 4.69) is 20.6 Å². The summed E-state index contributed by atoms with van der Waals surface area (Å²) in [6.07, 6.45) is 2.22. The Hall–Kier alpha value is -4.47. The number of nitrogens with zero attached hydrogens (tertiary/aromatic N) is 2. The predicted molar refractivity (Wildman–Crippen MR) is 156 cm³/mol. The number of anilines is 2. The van der Waals surface area contributed by atoms with E-state index in [4.69, 9.17) is 20.8 Å². The Balaban J connectivity index is 1.34. The Morgan fingerprint density at radius 3 is 2.66 bits per heavy atom. The topological polar surface area (TPSA) is 110 Å². The Morgan fingerprint density at radius 2 is 1.90 bits per heavy atom. The molecule has 0 fully saturated rings. The molecular weight excluding hydrogens is 547 g/mol. The Bertz CT molecular complexity index is 1690. The van der Waals surface area contributed by atoms with Crippen molar-refractivity contribution in [3.63, 3.8) is 0 Å². The highest BCUT2D eigenvalue weighted by Gasteiger charge is 2.23. The Kier molecular flexibility index (Phi) is 8.47. The molecule has 0 aliphatic carbocycles. The Morgan fingerprint density at radius 1 is 1.07 bits per heavy atom. The van der Waals surface area contributed by atoms with Gasteiger partial charge in [-0.15, -0.1) is 0 Å². The molecular formula is C31H28ClFN4O4. The zero-order valence-corrected chi connectivity index (χ0v) is 23.2. The van der Waals surface area contributed by atoms with E-state index in [1.165, 1.54) is 18.5 Å². The van der Waals surface area contributed by atoms with Crippen LogP contribution in [0, 0.1) is 11.7 Å². The third-order valence-corrected chi connectivity index (χ3v) is 7.10. The first-order valence-electron chi connectivity index (χ1n) is 13.1. The van der Waals surface area contributed by atoms with Crippen molar-refractivity contribution in [3.05, 3.63) is 95.7 Å². The smallest absolute Gasteiger partial charge is 0.320 e. The second-order valence-corrected chi connectivity index (χ2v) is 10.0. The number of benzene rings is 3. The lowest BCUT2D eigenvalue weighted by molar-refractivity contribution is -0.140. The zero-order valence-electron chi connectivity index (χ0n) is 22.4. The molecule has 0 amide bonds. The molecule has 2 unspecified atom stereocenters. The van der Waals surface area contributed by atoms with Crippen LogP contribution in [0.25, 0.3) is 22.2 Å². The van der Waals surface area contributed by atoms with Gasteiger partial charge in [-0.3, -0.25) is 10.1 Å². The summed E-state index contributed by atoms with van der Waals surface area (Å²) < 4.78 is 25.7. The van der Waals surface area contributed by atoms with Gasteiger partial charge in [-0.25, -0.2) is 14.4 Å². The third kappa shape index (κ3) is 6.48. The van der Waals surface area contributed by atoms with Gasteiger partial charge in [-0.05, 0) is 66.6 Å². The number of aromatic nitrogens is 2. The molecule has 2 atom stereocenters. The first-order chi connectivity index (χ1) is 19.8. The summed E-state index contributed by atoms with van der Waals surface area (Å²) >= 11 is 6.44. The maximum absolute atomic E-state index is 14.0. The van der Waals surface area contributed by atoms with Crippen molar-refractivity contribution in [2.75, 3.05) is 5.32 Å². The van der Waals surface area contributed by atoms with Crippen LogP contribution in [0.4, 0.5) is 15.9 Å². The minimum absolute atomic E-state index is 0.0150. The largest absolute Gasteiger partial charge is 0.480 e. The van der Waals surface area contributed by atoms with Crippen molar-refractivity contribution in [1.82, 2.24) is 15.3 Å². The SMILES string of the molecule is CCC(C)C(NCc1ccc(-c2ccc3ncnc(Nc4ccc(Oc5ccccc5F)c(Cl)c4)c3c2)o1)C(=O)O. The average molecular weight is 575 g/mol. The molecule has 41 heavy (non-hydrogen) atoms. The van der Waals surface area contributed by atoms with E-state index in [1.54, 1.807) is 30.3 Å². The maximum atomic E-state index is 14.0. The number of furan rings is 1. The number of fused-ring (bicyclic) bond motifs is 1. The molecule has 0 aliphatic heterocycles. The van der Waals surface area contributed by atoms with Crippen LogP contribution in [0.3, 0.4) is 0 Å². The van der Waals surface area contributed by atoms with Gasteiger partial charge in [0.25, 0.3) is 0 Å². The molecule has 0 radical (unpaired) electrons. The van der Waals surface area contributed by atoms with Crippen molar-refractivity contribution in [1.29, 1.82) is 0 Å². The fourth-order valence-electron chi connectivity index (χ4n) is 4.36. The molecule has 0 saturated carbocycles. The number of para-hydroxylation sites is 1. The van der Waals surface area contributed by atoms with E-state index in [0.717, 1.165) is 22.9 Å². The molecule has 10 heteroatoms. The summed E-state index contributed by atoms with van der Waals surface area (Å²) in [5, 5.41) is 16.9. The van der Waals surface area contributed by atoms with Crippen LogP contribution in [0.15, 0.2) is 83.5 Å². The minimum atomic E-state index is -0.880. The molecule has 3 aromatic carbocycles. The highest BCUT2D eigenvalue weighted by Crippen LogP contribution is 2.35. The standard InChI is InChI=1S/C31H28ClFN4O4/c1-3-18(2)29(31(38)39)34-16-21-10-13-26(40-21)19-8-11-25-22(14-19)30(36-17-35-25)37-20-9-12-27(23(32)15-20)41-28-7-5-4-6-24(28)33/h4-15,17-18,29,34H,3,16H2,1-2H3,(H,38,39)(H,35,36,37). The van der Waals surface area contributed by atoms with Crippen LogP contribution >= 0.6 is 11.6 Å². The normalized spacial score (nSPS) is 12.7. The second-order valence-electron chi connectivity index (χ2n) is 9.61. The lowest BCUT2D eigenvalue weighted by Crippen LogP contribution is -2.41. The monoisotopic (exact) mass is 574 g/mol. The summed E-state index contributed by atoms with van der Waals surface area (Å²) in [5.74, 6) is 0.841. The number of hydrogen-bond acceptors (Lipinski definition) is 7. The van der Waals surface area contributed by atoms with Crippen molar-refractivity contribution in [2.45, 2.75) is 32.9 Å². The molecule has 8 nitrogen and oxygen atoms in total. The highest BCUT2D eigenvalue weighted by atomic mass is 35.5. The quantitative estimate of drug-likeness (QED) is 0.146. The first-order valence-corrected chi connectivity index (χ1v) is 13.5. The van der Waals surface area contributed by atoms with E-state index in [-0.39, 0.29) is 11.7 Å². The fourth-order valence-corrected chi connectivity index (χ4v) is 4.58. The molecule has 5 aromatic rings. The lowest BCUT2D eigenvalue weighted by atomic mass is 9.99. The summed E-state index contributed by atoms with van der Waals surface area (Å²) in [4.78, 5) is 20.4. The van der Waals surface area contributed by atoms with Gasteiger partial charge in [-0.2, -0.15) is 0 Å². The fraction of sp³-hybridized carbons (Fsp3) is 0.194. The summed E-state index contributed by atoms with van der Waals surface area (Å²) in [6.45, 7) is 4.17. The maximum Gasteiger partial charge on any atom is 0.320 e. The summed E-state index contributed by atoms with van der Waals surface area (Å²) in [5.41, 5.74) is 2.19. The highest BCUT2D eigenvalue weighted by molar-refractivity contribution is 6.32. The van der Waals surface area contributed by atoms with E-state index < -0.39 is 17.8 Å². The number of halogens is 2. The summed E-state index contributed by atoms with van der Waals surface area (Å²) in [6, 6.07) is 19.9. The van der Waals surface area contributed by atoms with Gasteiger partial charge in [0.05, 0.1) is 17.1 Å². The number of ether oxygens (including phenoxy) is 1. The average Bonchev–Trinajstić information content (AvgIpc) is 3.44. The van der Waals surface area contributed by atoms with Crippen molar-refractivity contribution in [2.24, 2.45) is 5.92 Å². The van der Waals surface area contributed by atoms with Gasteiger partial charge in [0.2, 0.25) is 0 Å². The van der Waals surface area contributed by atoms with Crippen molar-refractivity contribution < 1.29 is 23.4 Å². The predicted octanol–water partition coefficient (Wildman–Crippen LogP) is 7.81. The molecule has 210 valence electrons. The van der Waals surface area contributed by atoms with E-state index >= 15 is 0 Å². The molecule has 2 heterocycles. The Labute approximate surface area is 241 Å². The van der Waals surface area contributed by atoms with Gasteiger partial charge in [0, 0.05) is 16.6 Å². The number of nitrogens with one attached hydrogen (secondary N) is 2. The van der Waals surface area contributed by atoms with E-state index in [1.807, 2.05) is 44.2 Å². The third-order valence-electron chi connectivity index (χ3n) is 6.81. The van der Waals surface area contributed by atoms with Crippen molar-refractivity contribution >= 4 is 40.0 Å². The zero-order chi connectivity index (χ0) is 28.9. The molecule has 3 N–H and O–H groups in total. The van der Waals surface area contributed by atoms with Crippen LogP contribution in [0.2, 0.25) is 5.02 Å². The van der Waals surface area contributed by atoms with Crippen LogP contribution in [-0.2, 0) is 11.3 Å². The first kappa shape index (κ1) is 28.1. The van der Waals surface area contributed by atoms with E-state index in [9.17, 15) is 14.3 Å². The van der Waals surface area contributed by atoms with Gasteiger partial charge in [0.15, 0.2) is 11.6 Å². The van der Waals surface area contributed by atoms with Gasteiger partial charge in [-0.1, -0.05) is 44.0 Å².